The number of fused-ring (bicyclic) bond motifs is 2. The molecule has 4 rings (SSSR count). The van der Waals surface area contributed by atoms with Crippen LogP contribution in [-0.2, 0) is 18.7 Å². The van der Waals surface area contributed by atoms with E-state index in [1.807, 2.05) is 16.9 Å². The average Bonchev–Trinajstić information content (AvgIpc) is 3.12. The molecular formula is C20H26FN3O. The van der Waals surface area contributed by atoms with Crippen LogP contribution in [0.15, 0.2) is 36.7 Å². The molecule has 1 aromatic carbocycles. The monoisotopic (exact) mass is 343 g/mol. The molecule has 2 bridgehead atoms. The molecule has 1 N–H and O–H groups in total. The van der Waals surface area contributed by atoms with Gasteiger partial charge in [0.25, 0.3) is 0 Å². The molecule has 1 unspecified atom stereocenters. The van der Waals surface area contributed by atoms with E-state index in [0.717, 1.165) is 32.4 Å². The van der Waals surface area contributed by atoms with Gasteiger partial charge in [0.15, 0.2) is 0 Å². The summed E-state index contributed by atoms with van der Waals surface area (Å²) in [6.45, 7) is 3.96. The van der Waals surface area contributed by atoms with Gasteiger partial charge in [0.05, 0.1) is 11.8 Å². The smallest absolute Gasteiger partial charge is 0.129 e. The molecule has 0 spiro atoms. The van der Waals surface area contributed by atoms with Crippen LogP contribution in [0.4, 0.5) is 4.39 Å². The maximum absolute atomic E-state index is 14.2. The van der Waals surface area contributed by atoms with Gasteiger partial charge in [-0.15, -0.1) is 0 Å². The van der Waals surface area contributed by atoms with Crippen molar-refractivity contribution in [1.29, 1.82) is 0 Å². The molecule has 0 amide bonds. The lowest BCUT2D eigenvalue weighted by molar-refractivity contribution is -0.0615. The minimum Gasteiger partial charge on any atom is -0.385 e. The summed E-state index contributed by atoms with van der Waals surface area (Å²) in [6, 6.07) is 7.28. The van der Waals surface area contributed by atoms with Gasteiger partial charge >= 0.3 is 0 Å². The summed E-state index contributed by atoms with van der Waals surface area (Å²) < 4.78 is 16.2. The van der Waals surface area contributed by atoms with Gasteiger partial charge in [-0.05, 0) is 38.2 Å². The molecule has 0 saturated carbocycles. The Balaban J connectivity index is 1.51. The quantitative estimate of drug-likeness (QED) is 0.904. The third kappa shape index (κ3) is 3.11. The Morgan fingerprint density at radius 1 is 1.24 bits per heavy atom. The van der Waals surface area contributed by atoms with Crippen LogP contribution in [0.25, 0.3) is 0 Å². The van der Waals surface area contributed by atoms with E-state index in [-0.39, 0.29) is 5.82 Å². The van der Waals surface area contributed by atoms with Gasteiger partial charge in [-0.2, -0.15) is 5.10 Å². The van der Waals surface area contributed by atoms with E-state index in [1.54, 1.807) is 12.1 Å². The van der Waals surface area contributed by atoms with Crippen molar-refractivity contribution in [2.45, 2.75) is 69.8 Å². The van der Waals surface area contributed by atoms with Crippen LogP contribution in [0.2, 0.25) is 0 Å². The zero-order chi connectivity index (χ0) is 17.4. The Morgan fingerprint density at radius 2 is 1.96 bits per heavy atom. The summed E-state index contributed by atoms with van der Waals surface area (Å²) in [5.41, 5.74) is 0.643. The Kier molecular flexibility index (Phi) is 4.38. The van der Waals surface area contributed by atoms with Crippen molar-refractivity contribution < 1.29 is 9.50 Å². The topological polar surface area (TPSA) is 41.3 Å². The lowest BCUT2D eigenvalue weighted by atomic mass is 9.80. The van der Waals surface area contributed by atoms with Gasteiger partial charge in [-0.1, -0.05) is 25.1 Å². The summed E-state index contributed by atoms with van der Waals surface area (Å²) in [5.74, 6) is -0.293. The third-order valence-corrected chi connectivity index (χ3v) is 5.80. The Hall–Kier alpha value is -1.72. The first-order chi connectivity index (χ1) is 12.1. The zero-order valence-corrected chi connectivity index (χ0v) is 14.7. The molecule has 1 aromatic heterocycles. The van der Waals surface area contributed by atoms with E-state index in [2.05, 4.69) is 23.1 Å². The Bertz CT molecular complexity index is 730. The average molecular weight is 343 g/mol. The molecule has 0 radical (unpaired) electrons. The van der Waals surface area contributed by atoms with Crippen LogP contribution < -0.4 is 0 Å². The highest BCUT2D eigenvalue weighted by Crippen LogP contribution is 2.46. The second-order valence-electron chi connectivity index (χ2n) is 7.59. The van der Waals surface area contributed by atoms with Crippen LogP contribution in [-0.4, -0.2) is 31.9 Å². The summed E-state index contributed by atoms with van der Waals surface area (Å²) in [7, 11) is 0. The van der Waals surface area contributed by atoms with Crippen LogP contribution in [0.1, 0.15) is 50.2 Å². The van der Waals surface area contributed by atoms with Crippen molar-refractivity contribution in [3.63, 3.8) is 0 Å². The number of aromatic nitrogens is 2. The lowest BCUT2D eigenvalue weighted by Gasteiger charge is -2.44. The second-order valence-corrected chi connectivity index (χ2v) is 7.59. The Morgan fingerprint density at radius 3 is 2.64 bits per heavy atom. The Labute approximate surface area is 148 Å². The first-order valence-corrected chi connectivity index (χ1v) is 9.33. The first kappa shape index (κ1) is 16.7. The predicted molar refractivity (Wildman–Crippen MR) is 94.4 cm³/mol. The molecule has 2 fully saturated rings. The van der Waals surface area contributed by atoms with Gasteiger partial charge in [-0.3, -0.25) is 9.58 Å². The van der Waals surface area contributed by atoms with Crippen molar-refractivity contribution in [2.24, 2.45) is 0 Å². The van der Waals surface area contributed by atoms with Crippen molar-refractivity contribution >= 4 is 0 Å². The van der Waals surface area contributed by atoms with Crippen molar-refractivity contribution in [2.75, 3.05) is 0 Å². The minimum absolute atomic E-state index is 0.293. The number of aryl methyl sites for hydroxylation is 1. The number of hydrogen-bond acceptors (Lipinski definition) is 3. The highest BCUT2D eigenvalue weighted by Gasteiger charge is 2.48. The van der Waals surface area contributed by atoms with E-state index in [9.17, 15) is 9.50 Å². The summed E-state index contributed by atoms with van der Waals surface area (Å²) in [4.78, 5) is 2.49. The second kappa shape index (κ2) is 6.54. The van der Waals surface area contributed by atoms with Crippen LogP contribution in [0, 0.1) is 5.82 Å². The maximum atomic E-state index is 14.2. The van der Waals surface area contributed by atoms with Gasteiger partial charge in [-0.25, -0.2) is 4.39 Å². The fourth-order valence-corrected chi connectivity index (χ4v) is 4.68. The predicted octanol–water partition coefficient (Wildman–Crippen LogP) is 3.45. The number of benzene rings is 1. The fourth-order valence-electron chi connectivity index (χ4n) is 4.68. The first-order valence-electron chi connectivity index (χ1n) is 9.33. The summed E-state index contributed by atoms with van der Waals surface area (Å²) in [5, 5.41) is 15.6. The molecule has 2 aliphatic rings. The van der Waals surface area contributed by atoms with Crippen LogP contribution in [0.3, 0.4) is 0 Å². The number of halogens is 1. The lowest BCUT2D eigenvalue weighted by Crippen LogP contribution is -2.49. The summed E-state index contributed by atoms with van der Waals surface area (Å²) >= 11 is 0. The third-order valence-electron chi connectivity index (χ3n) is 5.80. The molecule has 25 heavy (non-hydrogen) atoms. The molecule has 134 valence electrons. The van der Waals surface area contributed by atoms with Crippen molar-refractivity contribution in [3.05, 3.63) is 53.6 Å². The SMILES string of the molecule is CCCn1cc(CN2[C@@H]3CC[C@H]2CC(O)(c2ccccc2F)C3)cn1. The van der Waals surface area contributed by atoms with Gasteiger partial charge in [0.2, 0.25) is 0 Å². The molecule has 3 heterocycles. The molecular weight excluding hydrogens is 317 g/mol. The largest absolute Gasteiger partial charge is 0.385 e. The number of aliphatic hydroxyl groups is 1. The molecule has 2 aromatic rings. The van der Waals surface area contributed by atoms with Gasteiger partial charge in [0.1, 0.15) is 5.82 Å². The molecule has 5 heteroatoms. The zero-order valence-electron chi connectivity index (χ0n) is 14.7. The van der Waals surface area contributed by atoms with Crippen LogP contribution >= 0.6 is 0 Å². The van der Waals surface area contributed by atoms with Crippen molar-refractivity contribution in [3.8, 4) is 0 Å². The normalized spacial score (nSPS) is 29.2. The van der Waals surface area contributed by atoms with E-state index in [4.69, 9.17) is 0 Å². The molecule has 4 nitrogen and oxygen atoms in total. The number of hydrogen-bond donors (Lipinski definition) is 1. The van der Waals surface area contributed by atoms with E-state index < -0.39 is 5.60 Å². The van der Waals surface area contributed by atoms with E-state index in [0.29, 0.717) is 30.5 Å². The minimum atomic E-state index is -1.04. The maximum Gasteiger partial charge on any atom is 0.129 e. The molecule has 3 atom stereocenters. The number of rotatable bonds is 5. The molecule has 2 saturated heterocycles. The standard InChI is InChI=1S/C20H26FN3O/c1-2-9-23-13-15(12-22-23)14-24-16-7-8-17(24)11-20(25,10-16)18-5-3-4-6-19(18)21/h3-6,12-13,16-17,25H,2,7-11,14H2,1H3/t16-,17+,20?. The van der Waals surface area contributed by atoms with Crippen molar-refractivity contribution in [1.82, 2.24) is 14.7 Å². The summed E-state index contributed by atoms with van der Waals surface area (Å²) in [6.07, 6.45) is 8.51. The van der Waals surface area contributed by atoms with E-state index in [1.165, 1.54) is 11.6 Å². The van der Waals surface area contributed by atoms with Gasteiger partial charge in [0, 0.05) is 42.5 Å². The number of nitrogens with zero attached hydrogens (tertiary/aromatic N) is 3. The highest BCUT2D eigenvalue weighted by molar-refractivity contribution is 5.27. The molecule has 2 aliphatic heterocycles. The van der Waals surface area contributed by atoms with Crippen LogP contribution in [0.5, 0.6) is 0 Å². The van der Waals surface area contributed by atoms with E-state index >= 15 is 0 Å². The molecule has 0 aliphatic carbocycles. The number of piperidine rings is 1. The highest BCUT2D eigenvalue weighted by atomic mass is 19.1. The fraction of sp³-hybridized carbons (Fsp3) is 0.550. The van der Waals surface area contributed by atoms with Gasteiger partial charge < -0.3 is 5.11 Å².